The lowest BCUT2D eigenvalue weighted by Crippen LogP contribution is -2.48. The molecule has 1 saturated heterocycles. The highest BCUT2D eigenvalue weighted by Crippen LogP contribution is 2.39. The van der Waals surface area contributed by atoms with Crippen LogP contribution in [0.25, 0.3) is 0 Å². The predicted molar refractivity (Wildman–Crippen MR) is 131 cm³/mol. The third-order valence-electron chi connectivity index (χ3n) is 6.88. The number of nitrogens with zero attached hydrogens (tertiary/aromatic N) is 4. The molecule has 9 nitrogen and oxygen atoms in total. The third-order valence-corrected chi connectivity index (χ3v) is 8.77. The second-order valence-corrected chi connectivity index (χ2v) is 11.1. The standard InChI is InChI=1S/C24H37N5O4S/c1-5-10-28-16-20-22(25-24(30)23(20)26(4)17-28)19-15-18(8-9-21(19)33-7-3)34(31,32)29-13-11-27(6-2)12-14-29/h8-9,15,22H,5-7,10-14,16-17H2,1-4H3,(H,25,30). The first-order valence-electron chi connectivity index (χ1n) is 12.3. The van der Waals surface area contributed by atoms with Gasteiger partial charge in [-0.25, -0.2) is 8.42 Å². The molecule has 0 saturated carbocycles. The fraction of sp³-hybridized carbons (Fsp3) is 0.625. The second-order valence-electron chi connectivity index (χ2n) is 9.14. The van der Waals surface area contributed by atoms with E-state index in [1.54, 1.807) is 22.5 Å². The largest absolute Gasteiger partial charge is 0.494 e. The molecule has 1 atom stereocenters. The maximum absolute atomic E-state index is 13.5. The molecule has 1 amide bonds. The van der Waals surface area contributed by atoms with Crippen LogP contribution in [0.1, 0.15) is 38.8 Å². The number of hydrogen-bond donors (Lipinski definition) is 1. The summed E-state index contributed by atoms with van der Waals surface area (Å²) in [4.78, 5) is 19.7. The highest BCUT2D eigenvalue weighted by molar-refractivity contribution is 7.89. The van der Waals surface area contributed by atoms with Crippen molar-refractivity contribution in [3.05, 3.63) is 35.0 Å². The number of hydrogen-bond acceptors (Lipinski definition) is 7. The number of rotatable bonds is 8. The third kappa shape index (κ3) is 4.68. The van der Waals surface area contributed by atoms with Gasteiger partial charge in [-0.15, -0.1) is 0 Å². The minimum Gasteiger partial charge on any atom is -0.494 e. The minimum atomic E-state index is -3.65. The van der Waals surface area contributed by atoms with Crippen molar-refractivity contribution in [3.63, 3.8) is 0 Å². The average Bonchev–Trinajstić information content (AvgIpc) is 3.16. The summed E-state index contributed by atoms with van der Waals surface area (Å²) in [5.74, 6) is 0.483. The molecule has 10 heteroatoms. The summed E-state index contributed by atoms with van der Waals surface area (Å²) >= 11 is 0. The van der Waals surface area contributed by atoms with Crippen LogP contribution in [0.2, 0.25) is 0 Å². The Morgan fingerprint density at radius 1 is 1.09 bits per heavy atom. The van der Waals surface area contributed by atoms with Gasteiger partial charge in [0.2, 0.25) is 10.0 Å². The Labute approximate surface area is 203 Å². The lowest BCUT2D eigenvalue weighted by molar-refractivity contribution is -0.118. The van der Waals surface area contributed by atoms with Crippen molar-refractivity contribution in [2.75, 3.05) is 66.1 Å². The van der Waals surface area contributed by atoms with E-state index in [0.717, 1.165) is 38.2 Å². The van der Waals surface area contributed by atoms with Gasteiger partial charge in [0.25, 0.3) is 5.91 Å². The Kier molecular flexibility index (Phi) is 7.51. The minimum absolute atomic E-state index is 0.120. The molecule has 34 heavy (non-hydrogen) atoms. The molecule has 1 unspecified atom stereocenters. The first-order valence-corrected chi connectivity index (χ1v) is 13.7. The maximum Gasteiger partial charge on any atom is 0.268 e. The van der Waals surface area contributed by atoms with Gasteiger partial charge in [0.15, 0.2) is 0 Å². The van der Waals surface area contributed by atoms with Crippen LogP contribution in [0, 0.1) is 0 Å². The van der Waals surface area contributed by atoms with E-state index in [1.165, 1.54) is 0 Å². The molecule has 1 N–H and O–H groups in total. The molecule has 0 aliphatic carbocycles. The molecule has 1 aromatic rings. The zero-order valence-corrected chi connectivity index (χ0v) is 21.5. The Hall–Kier alpha value is -2.14. The molecule has 188 valence electrons. The number of benzene rings is 1. The average molecular weight is 492 g/mol. The number of nitrogens with one attached hydrogen (secondary N) is 1. The monoisotopic (exact) mass is 491 g/mol. The second kappa shape index (κ2) is 10.2. The van der Waals surface area contributed by atoms with Crippen molar-refractivity contribution < 1.29 is 17.9 Å². The summed E-state index contributed by atoms with van der Waals surface area (Å²) in [7, 11) is -1.72. The van der Waals surface area contributed by atoms with Gasteiger partial charge >= 0.3 is 0 Å². The smallest absolute Gasteiger partial charge is 0.268 e. The Morgan fingerprint density at radius 3 is 2.47 bits per heavy atom. The SMILES string of the molecule is CCCN1CC2=C(C(=O)NC2c2cc(S(=O)(=O)N3CCN(CC)CC3)ccc2OCC)N(C)C1. The molecular weight excluding hydrogens is 454 g/mol. The van der Waals surface area contributed by atoms with Crippen LogP contribution in [0.15, 0.2) is 34.4 Å². The Balaban J connectivity index is 1.70. The van der Waals surface area contributed by atoms with Crippen LogP contribution in [0.4, 0.5) is 0 Å². The lowest BCUT2D eigenvalue weighted by atomic mass is 9.97. The number of carbonyl (C=O) groups is 1. The normalized spacial score (nSPS) is 22.8. The summed E-state index contributed by atoms with van der Waals surface area (Å²) in [6.45, 7) is 12.2. The molecule has 3 heterocycles. The van der Waals surface area contributed by atoms with Crippen molar-refractivity contribution in [2.45, 2.75) is 38.1 Å². The quantitative estimate of drug-likeness (QED) is 0.589. The Morgan fingerprint density at radius 2 is 1.82 bits per heavy atom. The van der Waals surface area contributed by atoms with Crippen molar-refractivity contribution >= 4 is 15.9 Å². The van der Waals surface area contributed by atoms with Gasteiger partial charge in [0, 0.05) is 45.3 Å². The maximum atomic E-state index is 13.5. The number of carbonyl (C=O) groups excluding carboxylic acids is 1. The number of ether oxygens (including phenoxy) is 1. The topological polar surface area (TPSA) is 85.4 Å². The predicted octanol–water partition coefficient (Wildman–Crippen LogP) is 1.45. The number of amides is 1. The van der Waals surface area contributed by atoms with Gasteiger partial charge in [-0.1, -0.05) is 13.8 Å². The van der Waals surface area contributed by atoms with Gasteiger partial charge in [-0.3, -0.25) is 9.69 Å². The van der Waals surface area contributed by atoms with E-state index in [-0.39, 0.29) is 10.8 Å². The molecule has 0 radical (unpaired) electrons. The first-order chi connectivity index (χ1) is 16.3. The van der Waals surface area contributed by atoms with Crippen LogP contribution in [-0.2, 0) is 14.8 Å². The van der Waals surface area contributed by atoms with E-state index >= 15 is 0 Å². The van der Waals surface area contributed by atoms with Crippen LogP contribution in [-0.4, -0.2) is 99.5 Å². The molecule has 1 fully saturated rings. The van der Waals surface area contributed by atoms with Crippen LogP contribution in [0.3, 0.4) is 0 Å². The molecule has 0 aromatic heterocycles. The first kappa shape index (κ1) is 25.0. The summed E-state index contributed by atoms with van der Waals surface area (Å²) in [6.07, 6.45) is 1.02. The van der Waals surface area contributed by atoms with E-state index in [1.807, 2.05) is 18.9 Å². The van der Waals surface area contributed by atoms with Crippen molar-refractivity contribution in [1.82, 2.24) is 24.3 Å². The summed E-state index contributed by atoms with van der Waals surface area (Å²) in [5.41, 5.74) is 2.35. The van der Waals surface area contributed by atoms with E-state index in [0.29, 0.717) is 49.9 Å². The van der Waals surface area contributed by atoms with Crippen LogP contribution in [0.5, 0.6) is 5.75 Å². The Bertz CT molecular complexity index is 1050. The molecule has 0 spiro atoms. The van der Waals surface area contributed by atoms with E-state index in [2.05, 4.69) is 29.0 Å². The molecule has 0 bridgehead atoms. The summed E-state index contributed by atoms with van der Waals surface area (Å²) in [6, 6.07) is 4.64. The van der Waals surface area contributed by atoms with Gasteiger partial charge in [-0.05, 0) is 50.2 Å². The van der Waals surface area contributed by atoms with Crippen LogP contribution >= 0.6 is 0 Å². The van der Waals surface area contributed by atoms with E-state index in [9.17, 15) is 13.2 Å². The number of likely N-dealkylation sites (N-methyl/N-ethyl adjacent to an activating group) is 2. The zero-order chi connectivity index (χ0) is 24.5. The summed E-state index contributed by atoms with van der Waals surface area (Å²) < 4.78 is 34.5. The molecular formula is C24H37N5O4S. The van der Waals surface area contributed by atoms with Crippen LogP contribution < -0.4 is 10.1 Å². The van der Waals surface area contributed by atoms with Crippen molar-refractivity contribution in [2.24, 2.45) is 0 Å². The fourth-order valence-electron chi connectivity index (χ4n) is 5.18. The number of sulfonamides is 1. The molecule has 3 aliphatic heterocycles. The van der Waals surface area contributed by atoms with E-state index < -0.39 is 16.1 Å². The molecule has 4 rings (SSSR count). The van der Waals surface area contributed by atoms with Gasteiger partial charge in [0.1, 0.15) is 11.4 Å². The molecule has 3 aliphatic rings. The van der Waals surface area contributed by atoms with Gasteiger partial charge in [-0.2, -0.15) is 4.31 Å². The fourth-order valence-corrected chi connectivity index (χ4v) is 6.64. The highest BCUT2D eigenvalue weighted by atomic mass is 32.2. The molecule has 1 aromatic carbocycles. The van der Waals surface area contributed by atoms with Crippen molar-refractivity contribution in [1.29, 1.82) is 0 Å². The highest BCUT2D eigenvalue weighted by Gasteiger charge is 2.40. The zero-order valence-electron chi connectivity index (χ0n) is 20.7. The lowest BCUT2D eigenvalue weighted by Gasteiger charge is -2.35. The summed E-state index contributed by atoms with van der Waals surface area (Å²) in [5, 5.41) is 3.10. The number of piperazine rings is 1. The van der Waals surface area contributed by atoms with Crippen molar-refractivity contribution in [3.8, 4) is 5.75 Å². The van der Waals surface area contributed by atoms with Gasteiger partial charge in [0.05, 0.1) is 24.2 Å². The van der Waals surface area contributed by atoms with Gasteiger partial charge < -0.3 is 19.9 Å². The van der Waals surface area contributed by atoms with E-state index in [4.69, 9.17) is 4.74 Å².